The molecule has 0 spiro atoms. The molecule has 0 bridgehead atoms. The topological polar surface area (TPSA) is 21.3 Å². The molecule has 108 valence electrons. The average molecular weight is 348 g/mol. The number of hydrogen-bond acceptors (Lipinski definition) is 2. The zero-order valence-electron chi connectivity index (χ0n) is 9.99. The van der Waals surface area contributed by atoms with Gasteiger partial charge in [0, 0.05) is 4.47 Å². The summed E-state index contributed by atoms with van der Waals surface area (Å²) in [5, 5.41) is 2.00. The predicted molar refractivity (Wildman–Crippen MR) is 63.5 cm³/mol. The highest BCUT2D eigenvalue weighted by molar-refractivity contribution is 9.10. The second-order valence-corrected chi connectivity index (χ2v) is 4.58. The first kappa shape index (κ1) is 16.2. The molecule has 19 heavy (non-hydrogen) atoms. The molecule has 0 aliphatic rings. The lowest BCUT2D eigenvalue weighted by Crippen LogP contribution is -2.47. The van der Waals surface area contributed by atoms with E-state index in [4.69, 9.17) is 4.74 Å². The maximum absolute atomic E-state index is 13.4. The number of benzene rings is 1. The number of alkyl halides is 5. The summed E-state index contributed by atoms with van der Waals surface area (Å²) in [5.41, 5.74) is -0.203. The average Bonchev–Trinajstić information content (AvgIpc) is 2.30. The van der Waals surface area contributed by atoms with Gasteiger partial charge in [0.15, 0.2) is 0 Å². The summed E-state index contributed by atoms with van der Waals surface area (Å²) >= 11 is 2.97. The van der Waals surface area contributed by atoms with E-state index in [0.717, 1.165) is 13.1 Å². The second-order valence-electron chi connectivity index (χ2n) is 3.73. The van der Waals surface area contributed by atoms with Crippen LogP contribution in [-0.4, -0.2) is 26.3 Å². The molecule has 0 radical (unpaired) electrons. The predicted octanol–water partition coefficient (Wildman–Crippen LogP) is 3.92. The minimum Gasteiger partial charge on any atom is -0.497 e. The maximum atomic E-state index is 13.4. The van der Waals surface area contributed by atoms with Crippen molar-refractivity contribution in [2.45, 2.75) is 18.1 Å². The molecule has 0 heterocycles. The summed E-state index contributed by atoms with van der Waals surface area (Å²) in [6.45, 7) is 0. The third-order valence-electron chi connectivity index (χ3n) is 2.55. The van der Waals surface area contributed by atoms with Crippen LogP contribution < -0.4 is 10.1 Å². The number of ether oxygens (including phenoxy) is 1. The smallest absolute Gasteiger partial charge is 0.455 e. The molecular formula is C11H11BrF5NO. The summed E-state index contributed by atoms with van der Waals surface area (Å²) in [6.07, 6.45) is -5.64. The maximum Gasteiger partial charge on any atom is 0.455 e. The first-order valence-corrected chi connectivity index (χ1v) is 5.89. The van der Waals surface area contributed by atoms with Gasteiger partial charge in [-0.1, -0.05) is 22.0 Å². The number of hydrogen-bond donors (Lipinski definition) is 1. The van der Waals surface area contributed by atoms with E-state index in [1.165, 1.54) is 19.2 Å². The lowest BCUT2D eigenvalue weighted by atomic mass is 10.00. The normalized spacial score (nSPS) is 14.3. The van der Waals surface area contributed by atoms with E-state index < -0.39 is 18.1 Å². The summed E-state index contributed by atoms with van der Waals surface area (Å²) < 4.78 is 69.0. The van der Waals surface area contributed by atoms with E-state index in [1.54, 1.807) is 0 Å². The Labute approximate surface area is 115 Å². The fraction of sp³-hybridized carbons (Fsp3) is 0.455. The van der Waals surface area contributed by atoms with Crippen LogP contribution in [-0.2, 0) is 0 Å². The molecule has 0 saturated carbocycles. The SMILES string of the molecule is CNC(c1ccc(OC)cc1Br)C(F)(F)C(F)(F)F. The lowest BCUT2D eigenvalue weighted by molar-refractivity contribution is -0.294. The molecule has 1 atom stereocenters. The van der Waals surface area contributed by atoms with Gasteiger partial charge in [-0.2, -0.15) is 22.0 Å². The Hall–Kier alpha value is -0.890. The summed E-state index contributed by atoms with van der Waals surface area (Å²) in [6, 6.07) is 1.61. The zero-order valence-corrected chi connectivity index (χ0v) is 11.6. The van der Waals surface area contributed by atoms with Crippen molar-refractivity contribution in [3.63, 3.8) is 0 Å². The lowest BCUT2D eigenvalue weighted by Gasteiger charge is -2.29. The van der Waals surface area contributed by atoms with Gasteiger partial charge in [0.2, 0.25) is 0 Å². The summed E-state index contributed by atoms with van der Waals surface area (Å²) in [7, 11) is 2.41. The quantitative estimate of drug-likeness (QED) is 0.833. The molecule has 1 N–H and O–H groups in total. The Morgan fingerprint density at radius 3 is 2.16 bits per heavy atom. The largest absolute Gasteiger partial charge is 0.497 e. The number of methoxy groups -OCH3 is 1. The van der Waals surface area contributed by atoms with Gasteiger partial charge in [0.05, 0.1) is 7.11 Å². The van der Waals surface area contributed by atoms with Crippen LogP contribution in [0.4, 0.5) is 22.0 Å². The molecule has 1 rings (SSSR count). The van der Waals surface area contributed by atoms with Gasteiger partial charge < -0.3 is 10.1 Å². The Kier molecular flexibility index (Phi) is 4.78. The molecule has 1 aromatic rings. The molecule has 8 heteroatoms. The van der Waals surface area contributed by atoms with Crippen LogP contribution >= 0.6 is 15.9 Å². The van der Waals surface area contributed by atoms with Gasteiger partial charge in [-0.25, -0.2) is 0 Å². The molecule has 1 aromatic carbocycles. The fourth-order valence-corrected chi connectivity index (χ4v) is 2.15. The highest BCUT2D eigenvalue weighted by atomic mass is 79.9. The standard InChI is InChI=1S/C11H11BrF5NO/c1-18-9(10(13,14)11(15,16)17)7-4-3-6(19-2)5-8(7)12/h3-5,9,18H,1-2H3. The molecule has 0 aromatic heterocycles. The third-order valence-corrected chi connectivity index (χ3v) is 3.23. The molecule has 0 fully saturated rings. The van der Waals surface area contributed by atoms with Crippen LogP contribution in [0.2, 0.25) is 0 Å². The van der Waals surface area contributed by atoms with Gasteiger partial charge in [-0.05, 0) is 24.7 Å². The number of halogens is 6. The van der Waals surface area contributed by atoms with Crippen LogP contribution in [0.3, 0.4) is 0 Å². The van der Waals surface area contributed by atoms with E-state index >= 15 is 0 Å². The molecule has 0 saturated heterocycles. The summed E-state index contributed by atoms with van der Waals surface area (Å²) in [4.78, 5) is 0. The fourth-order valence-electron chi connectivity index (χ4n) is 1.56. The van der Waals surface area contributed by atoms with Crippen molar-refractivity contribution in [2.75, 3.05) is 14.2 Å². The molecular weight excluding hydrogens is 337 g/mol. The van der Waals surface area contributed by atoms with Crippen LogP contribution in [0, 0.1) is 0 Å². The number of rotatable bonds is 4. The van der Waals surface area contributed by atoms with Crippen molar-refractivity contribution in [3.8, 4) is 5.75 Å². The van der Waals surface area contributed by atoms with E-state index in [1.807, 2.05) is 5.32 Å². The Morgan fingerprint density at radius 2 is 1.79 bits per heavy atom. The van der Waals surface area contributed by atoms with Crippen molar-refractivity contribution in [3.05, 3.63) is 28.2 Å². The first-order chi connectivity index (χ1) is 8.65. The zero-order chi connectivity index (χ0) is 14.8. The molecule has 0 aliphatic carbocycles. The van der Waals surface area contributed by atoms with Crippen molar-refractivity contribution in [2.24, 2.45) is 0 Å². The van der Waals surface area contributed by atoms with E-state index in [2.05, 4.69) is 15.9 Å². The molecule has 0 amide bonds. The van der Waals surface area contributed by atoms with Gasteiger partial charge in [0.25, 0.3) is 0 Å². The summed E-state index contributed by atoms with van der Waals surface area (Å²) in [5.74, 6) is -4.54. The van der Waals surface area contributed by atoms with Crippen molar-refractivity contribution in [1.29, 1.82) is 0 Å². The van der Waals surface area contributed by atoms with Crippen molar-refractivity contribution >= 4 is 15.9 Å². The van der Waals surface area contributed by atoms with Crippen molar-refractivity contribution < 1.29 is 26.7 Å². The molecule has 0 aliphatic heterocycles. The van der Waals surface area contributed by atoms with E-state index in [9.17, 15) is 22.0 Å². The Bertz CT molecular complexity index is 449. The Morgan fingerprint density at radius 1 is 1.21 bits per heavy atom. The highest BCUT2D eigenvalue weighted by Gasteiger charge is 2.62. The van der Waals surface area contributed by atoms with Crippen molar-refractivity contribution in [1.82, 2.24) is 5.32 Å². The van der Waals surface area contributed by atoms with Gasteiger partial charge in [0.1, 0.15) is 11.8 Å². The van der Waals surface area contributed by atoms with E-state index in [0.29, 0.717) is 5.75 Å². The second kappa shape index (κ2) is 5.62. The monoisotopic (exact) mass is 347 g/mol. The van der Waals surface area contributed by atoms with Crippen LogP contribution in [0.5, 0.6) is 5.75 Å². The van der Waals surface area contributed by atoms with Gasteiger partial charge in [-0.15, -0.1) is 0 Å². The third kappa shape index (κ3) is 3.17. The minimum absolute atomic E-state index is 0.107. The molecule has 1 unspecified atom stereocenters. The Balaban J connectivity index is 3.25. The van der Waals surface area contributed by atoms with Gasteiger partial charge in [-0.3, -0.25) is 0 Å². The first-order valence-electron chi connectivity index (χ1n) is 5.10. The number of nitrogens with one attached hydrogen (secondary N) is 1. The minimum atomic E-state index is -5.64. The van der Waals surface area contributed by atoms with E-state index in [-0.39, 0.29) is 10.0 Å². The van der Waals surface area contributed by atoms with Gasteiger partial charge >= 0.3 is 12.1 Å². The highest BCUT2D eigenvalue weighted by Crippen LogP contribution is 2.46. The molecule has 2 nitrogen and oxygen atoms in total. The van der Waals surface area contributed by atoms with Crippen LogP contribution in [0.1, 0.15) is 11.6 Å². The van der Waals surface area contributed by atoms with Crippen LogP contribution in [0.15, 0.2) is 22.7 Å². The van der Waals surface area contributed by atoms with Crippen LogP contribution in [0.25, 0.3) is 0 Å².